The standard InChI is InChI=1S/C23H20F6N4O3/c24-22(25,26)13-10-15(19(23(27,28)29)30-16-7-3-2-6-14(16)21(35)36)20-31-17(11-18(34)33(20)12-13)32-8-4-1-5-9-32/h2-3,6-7,10-12,19,30H,1,4-5,8-9H2,(H,35,36)/t19-/m0/s1. The van der Waals surface area contributed by atoms with Crippen LogP contribution in [-0.2, 0) is 6.18 Å². The lowest BCUT2D eigenvalue weighted by molar-refractivity contribution is -0.145. The van der Waals surface area contributed by atoms with Crippen LogP contribution in [0.2, 0.25) is 0 Å². The Kier molecular flexibility index (Phi) is 6.58. The SMILES string of the molecule is O=C(O)c1ccccc1N[C@@H](c1cc(C(F)(F)F)cn2c(=O)cc(N3CCCCC3)nc12)C(F)(F)F. The average Bonchev–Trinajstić information content (AvgIpc) is 2.81. The molecule has 1 saturated heterocycles. The number of hydrogen-bond donors (Lipinski definition) is 2. The molecule has 1 aromatic carbocycles. The summed E-state index contributed by atoms with van der Waals surface area (Å²) < 4.78 is 84.3. The number of para-hydroxylation sites is 1. The summed E-state index contributed by atoms with van der Waals surface area (Å²) in [5.41, 5.74) is -5.01. The van der Waals surface area contributed by atoms with Gasteiger partial charge in [-0.3, -0.25) is 9.20 Å². The number of pyridine rings is 1. The Morgan fingerprint density at radius 1 is 1.03 bits per heavy atom. The van der Waals surface area contributed by atoms with Crippen LogP contribution < -0.4 is 15.8 Å². The van der Waals surface area contributed by atoms with Crippen molar-refractivity contribution in [3.05, 3.63) is 69.6 Å². The second kappa shape index (κ2) is 9.36. The largest absolute Gasteiger partial charge is 0.478 e. The maximum absolute atomic E-state index is 14.3. The summed E-state index contributed by atoms with van der Waals surface area (Å²) in [5, 5.41) is 11.4. The summed E-state index contributed by atoms with van der Waals surface area (Å²) in [6.07, 6.45) is -7.39. The van der Waals surface area contributed by atoms with Crippen molar-refractivity contribution in [2.45, 2.75) is 37.7 Å². The highest BCUT2D eigenvalue weighted by atomic mass is 19.4. The number of aromatic carboxylic acids is 1. The number of fused-ring (bicyclic) bond motifs is 1. The highest BCUT2D eigenvalue weighted by molar-refractivity contribution is 5.94. The first-order chi connectivity index (χ1) is 16.9. The van der Waals surface area contributed by atoms with Crippen molar-refractivity contribution in [1.29, 1.82) is 0 Å². The molecular weight excluding hydrogens is 494 g/mol. The van der Waals surface area contributed by atoms with E-state index >= 15 is 0 Å². The van der Waals surface area contributed by atoms with Crippen LogP contribution >= 0.6 is 0 Å². The lowest BCUT2D eigenvalue weighted by Crippen LogP contribution is -2.33. The first-order valence-corrected chi connectivity index (χ1v) is 10.9. The average molecular weight is 514 g/mol. The summed E-state index contributed by atoms with van der Waals surface area (Å²) in [6, 6.07) is 3.18. The Labute approximate surface area is 200 Å². The highest BCUT2D eigenvalue weighted by Crippen LogP contribution is 2.40. The summed E-state index contributed by atoms with van der Waals surface area (Å²) in [4.78, 5) is 30.2. The first kappa shape index (κ1) is 25.3. The molecule has 1 aliphatic heterocycles. The summed E-state index contributed by atoms with van der Waals surface area (Å²) in [5.74, 6) is -1.47. The molecule has 0 aliphatic carbocycles. The van der Waals surface area contributed by atoms with Crippen LogP contribution in [0, 0.1) is 0 Å². The van der Waals surface area contributed by atoms with Gasteiger partial charge >= 0.3 is 18.3 Å². The topological polar surface area (TPSA) is 86.9 Å². The number of nitrogens with one attached hydrogen (secondary N) is 1. The van der Waals surface area contributed by atoms with E-state index in [-0.39, 0.29) is 11.9 Å². The van der Waals surface area contributed by atoms with Gasteiger partial charge in [-0.05, 0) is 37.5 Å². The van der Waals surface area contributed by atoms with Gasteiger partial charge in [0.05, 0.1) is 11.1 Å². The number of halogens is 6. The van der Waals surface area contributed by atoms with Crippen LogP contribution in [0.1, 0.15) is 46.8 Å². The van der Waals surface area contributed by atoms with Crippen LogP contribution in [0.15, 0.2) is 47.4 Å². The Morgan fingerprint density at radius 3 is 2.31 bits per heavy atom. The Morgan fingerprint density at radius 2 is 1.69 bits per heavy atom. The Hall–Kier alpha value is -3.77. The molecule has 1 aliphatic rings. The Balaban J connectivity index is 1.97. The van der Waals surface area contributed by atoms with E-state index in [1.807, 2.05) is 5.32 Å². The molecular formula is C23H20F6N4O3. The molecule has 2 N–H and O–H groups in total. The van der Waals surface area contributed by atoms with Crippen molar-refractivity contribution in [3.63, 3.8) is 0 Å². The van der Waals surface area contributed by atoms with Gasteiger partial charge in [0.2, 0.25) is 0 Å². The molecule has 1 atom stereocenters. The molecule has 0 saturated carbocycles. The smallest absolute Gasteiger partial charge is 0.417 e. The van der Waals surface area contributed by atoms with Crippen LogP contribution in [0.25, 0.3) is 5.65 Å². The van der Waals surface area contributed by atoms with Crippen LogP contribution in [0.3, 0.4) is 0 Å². The first-order valence-electron chi connectivity index (χ1n) is 10.9. The van der Waals surface area contributed by atoms with Crippen molar-refractivity contribution < 1.29 is 36.2 Å². The molecule has 0 radical (unpaired) electrons. The van der Waals surface area contributed by atoms with Crippen LogP contribution in [0.4, 0.5) is 37.8 Å². The van der Waals surface area contributed by atoms with Gasteiger partial charge in [0.15, 0.2) is 6.04 Å². The number of carboxylic acids is 1. The van der Waals surface area contributed by atoms with E-state index in [2.05, 4.69) is 4.98 Å². The van der Waals surface area contributed by atoms with Gasteiger partial charge < -0.3 is 15.3 Å². The van der Waals surface area contributed by atoms with Gasteiger partial charge in [0, 0.05) is 36.6 Å². The number of anilines is 2. The molecule has 0 bridgehead atoms. The number of carbonyl (C=O) groups is 1. The third-order valence-electron chi connectivity index (χ3n) is 5.88. The molecule has 1 fully saturated rings. The maximum atomic E-state index is 14.3. The predicted molar refractivity (Wildman–Crippen MR) is 118 cm³/mol. The van der Waals surface area contributed by atoms with Gasteiger partial charge in [-0.15, -0.1) is 0 Å². The molecule has 0 unspecified atom stereocenters. The molecule has 36 heavy (non-hydrogen) atoms. The fraction of sp³-hybridized carbons (Fsp3) is 0.348. The number of rotatable bonds is 5. The number of alkyl halides is 6. The number of carboxylic acid groups (broad SMARTS) is 1. The number of aromatic nitrogens is 2. The van der Waals surface area contributed by atoms with Crippen LogP contribution in [0.5, 0.6) is 0 Å². The van der Waals surface area contributed by atoms with Gasteiger partial charge in [-0.2, -0.15) is 26.3 Å². The second-order valence-corrected chi connectivity index (χ2v) is 8.35. The fourth-order valence-electron chi connectivity index (χ4n) is 4.16. The zero-order valence-electron chi connectivity index (χ0n) is 18.5. The molecule has 4 rings (SSSR count). The second-order valence-electron chi connectivity index (χ2n) is 8.35. The molecule has 3 heterocycles. The molecule has 0 amide bonds. The highest BCUT2D eigenvalue weighted by Gasteiger charge is 2.44. The predicted octanol–water partition coefficient (Wildman–Crippen LogP) is 5.12. The monoisotopic (exact) mass is 514 g/mol. The third kappa shape index (κ3) is 5.09. The molecule has 2 aromatic heterocycles. The molecule has 192 valence electrons. The summed E-state index contributed by atoms with van der Waals surface area (Å²) >= 11 is 0. The molecule has 3 aromatic rings. The van der Waals surface area contributed by atoms with E-state index in [0.717, 1.165) is 37.5 Å². The molecule has 13 heteroatoms. The minimum absolute atomic E-state index is 0.0626. The van der Waals surface area contributed by atoms with Crippen molar-refractivity contribution >= 4 is 23.1 Å². The minimum Gasteiger partial charge on any atom is -0.478 e. The molecule has 7 nitrogen and oxygen atoms in total. The van der Waals surface area contributed by atoms with E-state index in [4.69, 9.17) is 0 Å². The zero-order valence-corrected chi connectivity index (χ0v) is 18.5. The third-order valence-corrected chi connectivity index (χ3v) is 5.88. The fourth-order valence-corrected chi connectivity index (χ4v) is 4.16. The van der Waals surface area contributed by atoms with E-state index in [0.29, 0.717) is 23.7 Å². The van der Waals surface area contributed by atoms with Gasteiger partial charge in [-0.1, -0.05) is 12.1 Å². The number of benzene rings is 1. The minimum atomic E-state index is -5.19. The summed E-state index contributed by atoms with van der Waals surface area (Å²) in [7, 11) is 0. The molecule has 0 spiro atoms. The lowest BCUT2D eigenvalue weighted by atomic mass is 10.0. The number of nitrogens with zero attached hydrogens (tertiary/aromatic N) is 3. The van der Waals surface area contributed by atoms with Crippen molar-refractivity contribution in [3.8, 4) is 0 Å². The van der Waals surface area contributed by atoms with Gasteiger partial charge in [0.1, 0.15) is 11.5 Å². The Bertz CT molecular complexity index is 1350. The van der Waals surface area contributed by atoms with Gasteiger partial charge in [-0.25, -0.2) is 9.78 Å². The zero-order chi connectivity index (χ0) is 26.3. The van der Waals surface area contributed by atoms with Gasteiger partial charge in [0.25, 0.3) is 5.56 Å². The van der Waals surface area contributed by atoms with Crippen molar-refractivity contribution in [1.82, 2.24) is 9.38 Å². The van der Waals surface area contributed by atoms with E-state index in [1.54, 1.807) is 4.90 Å². The normalized spacial score (nSPS) is 15.7. The van der Waals surface area contributed by atoms with Crippen molar-refractivity contribution in [2.75, 3.05) is 23.3 Å². The number of hydrogen-bond acceptors (Lipinski definition) is 5. The maximum Gasteiger partial charge on any atom is 0.417 e. The van der Waals surface area contributed by atoms with Crippen molar-refractivity contribution in [2.24, 2.45) is 0 Å². The van der Waals surface area contributed by atoms with Crippen LogP contribution in [-0.4, -0.2) is 39.7 Å². The number of piperidine rings is 1. The van der Waals surface area contributed by atoms with E-state index in [9.17, 15) is 41.0 Å². The van der Waals surface area contributed by atoms with E-state index in [1.165, 1.54) is 12.1 Å². The quantitative estimate of drug-likeness (QED) is 0.460. The summed E-state index contributed by atoms with van der Waals surface area (Å²) in [6.45, 7) is 0.983. The lowest BCUT2D eigenvalue weighted by Gasteiger charge is -2.29. The van der Waals surface area contributed by atoms with E-state index < -0.39 is 57.9 Å².